The van der Waals surface area contributed by atoms with Gasteiger partial charge in [-0.05, 0) is 0 Å². The number of aliphatic hydroxyl groups excluding tert-OH is 1. The SMILES string of the molecule is OCCN(CC(F)F)c1nc(Cl)cs1. The van der Waals surface area contributed by atoms with Crippen molar-refractivity contribution in [3.63, 3.8) is 0 Å². The van der Waals surface area contributed by atoms with Crippen LogP contribution >= 0.6 is 22.9 Å². The molecule has 80 valence electrons. The molecule has 0 saturated heterocycles. The molecule has 0 bridgehead atoms. The lowest BCUT2D eigenvalue weighted by Gasteiger charge is -2.19. The molecule has 0 spiro atoms. The number of halogens is 3. The van der Waals surface area contributed by atoms with Crippen LogP contribution in [-0.2, 0) is 0 Å². The Morgan fingerprint density at radius 2 is 2.36 bits per heavy atom. The second-order valence-electron chi connectivity index (χ2n) is 2.51. The van der Waals surface area contributed by atoms with Crippen molar-refractivity contribution in [3.05, 3.63) is 10.5 Å². The minimum Gasteiger partial charge on any atom is -0.395 e. The Kier molecular flexibility index (Phi) is 4.50. The molecule has 0 radical (unpaired) electrons. The Balaban J connectivity index is 2.66. The zero-order valence-electron chi connectivity index (χ0n) is 7.16. The zero-order chi connectivity index (χ0) is 10.6. The highest BCUT2D eigenvalue weighted by Crippen LogP contribution is 2.23. The lowest BCUT2D eigenvalue weighted by Crippen LogP contribution is -2.31. The summed E-state index contributed by atoms with van der Waals surface area (Å²) < 4.78 is 24.2. The van der Waals surface area contributed by atoms with Crippen molar-refractivity contribution < 1.29 is 13.9 Å². The monoisotopic (exact) mass is 242 g/mol. The summed E-state index contributed by atoms with van der Waals surface area (Å²) in [5, 5.41) is 10.9. The maximum Gasteiger partial charge on any atom is 0.255 e. The lowest BCUT2D eigenvalue weighted by molar-refractivity contribution is 0.153. The molecule has 14 heavy (non-hydrogen) atoms. The summed E-state index contributed by atoms with van der Waals surface area (Å²) in [4.78, 5) is 5.15. The number of aliphatic hydroxyl groups is 1. The van der Waals surface area contributed by atoms with Crippen LogP contribution in [0.3, 0.4) is 0 Å². The van der Waals surface area contributed by atoms with E-state index < -0.39 is 13.0 Å². The van der Waals surface area contributed by atoms with E-state index in [1.54, 1.807) is 5.38 Å². The van der Waals surface area contributed by atoms with Crippen LogP contribution in [0.15, 0.2) is 5.38 Å². The number of alkyl halides is 2. The van der Waals surface area contributed by atoms with Crippen molar-refractivity contribution in [2.45, 2.75) is 6.43 Å². The summed E-state index contributed by atoms with van der Waals surface area (Å²) in [6.45, 7) is -0.498. The molecular weight excluding hydrogens is 234 g/mol. The molecule has 0 aliphatic carbocycles. The second-order valence-corrected chi connectivity index (χ2v) is 3.74. The minimum atomic E-state index is -2.45. The van der Waals surface area contributed by atoms with Gasteiger partial charge in [0.05, 0.1) is 13.2 Å². The van der Waals surface area contributed by atoms with Crippen molar-refractivity contribution in [2.75, 3.05) is 24.6 Å². The Hall–Kier alpha value is -0.460. The van der Waals surface area contributed by atoms with Crippen LogP contribution in [0.25, 0.3) is 0 Å². The summed E-state index contributed by atoms with van der Waals surface area (Å²) in [5.74, 6) is 0. The third-order valence-corrected chi connectivity index (χ3v) is 2.69. The molecule has 3 nitrogen and oxygen atoms in total. The average molecular weight is 243 g/mol. The highest BCUT2D eigenvalue weighted by atomic mass is 35.5. The van der Waals surface area contributed by atoms with Gasteiger partial charge in [0.1, 0.15) is 5.15 Å². The molecule has 0 amide bonds. The highest BCUT2D eigenvalue weighted by Gasteiger charge is 2.15. The molecule has 0 saturated carbocycles. The lowest BCUT2D eigenvalue weighted by atomic mass is 10.5. The molecule has 0 fully saturated rings. The second kappa shape index (κ2) is 5.43. The summed E-state index contributed by atoms with van der Waals surface area (Å²) >= 11 is 6.74. The molecule has 0 atom stereocenters. The Labute approximate surface area is 88.9 Å². The number of aromatic nitrogens is 1. The quantitative estimate of drug-likeness (QED) is 0.856. The molecule has 1 N–H and O–H groups in total. The van der Waals surface area contributed by atoms with E-state index in [0.29, 0.717) is 5.13 Å². The van der Waals surface area contributed by atoms with Gasteiger partial charge in [-0.1, -0.05) is 11.6 Å². The first kappa shape index (κ1) is 11.6. The number of anilines is 1. The molecule has 0 aliphatic heterocycles. The van der Waals surface area contributed by atoms with Crippen molar-refractivity contribution in [1.29, 1.82) is 0 Å². The topological polar surface area (TPSA) is 36.4 Å². The van der Waals surface area contributed by atoms with E-state index in [0.717, 1.165) is 0 Å². The minimum absolute atomic E-state index is 0.133. The van der Waals surface area contributed by atoms with Crippen LogP contribution < -0.4 is 4.90 Å². The summed E-state index contributed by atoms with van der Waals surface area (Å²) in [6, 6.07) is 0. The molecule has 0 unspecified atom stereocenters. The Morgan fingerprint density at radius 3 is 2.79 bits per heavy atom. The third-order valence-electron chi connectivity index (χ3n) is 1.46. The van der Waals surface area contributed by atoms with Gasteiger partial charge in [0.2, 0.25) is 0 Å². The van der Waals surface area contributed by atoms with E-state index >= 15 is 0 Å². The average Bonchev–Trinajstić information content (AvgIpc) is 2.50. The van der Waals surface area contributed by atoms with Crippen molar-refractivity contribution in [3.8, 4) is 0 Å². The van der Waals surface area contributed by atoms with Gasteiger partial charge >= 0.3 is 0 Å². The first-order valence-corrected chi connectivity index (χ1v) is 5.14. The van der Waals surface area contributed by atoms with Gasteiger partial charge in [-0.25, -0.2) is 13.8 Å². The van der Waals surface area contributed by atoms with E-state index in [4.69, 9.17) is 16.7 Å². The molecular formula is C7H9ClF2N2OS. The summed E-state index contributed by atoms with van der Waals surface area (Å²) in [5.41, 5.74) is 0. The fourth-order valence-electron chi connectivity index (χ4n) is 0.943. The van der Waals surface area contributed by atoms with E-state index in [1.807, 2.05) is 0 Å². The number of nitrogens with zero attached hydrogens (tertiary/aromatic N) is 2. The summed E-state index contributed by atoms with van der Waals surface area (Å²) in [7, 11) is 0. The Bertz CT molecular complexity index is 284. The van der Waals surface area contributed by atoms with Gasteiger partial charge in [0.15, 0.2) is 5.13 Å². The van der Waals surface area contributed by atoms with Crippen molar-refractivity contribution in [2.24, 2.45) is 0 Å². The third kappa shape index (κ3) is 3.36. The fourth-order valence-corrected chi connectivity index (χ4v) is 1.93. The van der Waals surface area contributed by atoms with Gasteiger partial charge < -0.3 is 10.0 Å². The van der Waals surface area contributed by atoms with Gasteiger partial charge in [-0.15, -0.1) is 11.3 Å². The van der Waals surface area contributed by atoms with Crippen LogP contribution in [-0.4, -0.2) is 36.2 Å². The summed E-state index contributed by atoms with van der Waals surface area (Å²) in [6.07, 6.45) is -2.45. The number of thiazole rings is 1. The number of hydrogen-bond donors (Lipinski definition) is 1. The first-order chi connectivity index (χ1) is 6.63. The Morgan fingerprint density at radius 1 is 1.64 bits per heavy atom. The van der Waals surface area contributed by atoms with Crippen LogP contribution in [0.4, 0.5) is 13.9 Å². The zero-order valence-corrected chi connectivity index (χ0v) is 8.73. The molecule has 0 aliphatic rings. The predicted octanol–water partition coefficient (Wildman–Crippen LogP) is 1.86. The normalized spacial score (nSPS) is 10.9. The van der Waals surface area contributed by atoms with E-state index in [1.165, 1.54) is 16.2 Å². The number of hydrogen-bond acceptors (Lipinski definition) is 4. The van der Waals surface area contributed by atoms with Gasteiger partial charge in [-0.3, -0.25) is 0 Å². The van der Waals surface area contributed by atoms with Gasteiger partial charge in [-0.2, -0.15) is 0 Å². The molecule has 1 rings (SSSR count). The van der Waals surface area contributed by atoms with Crippen molar-refractivity contribution >= 4 is 28.1 Å². The maximum absolute atomic E-state index is 12.1. The van der Waals surface area contributed by atoms with Crippen LogP contribution in [0.2, 0.25) is 5.15 Å². The van der Waals surface area contributed by atoms with Crippen LogP contribution in [0.1, 0.15) is 0 Å². The molecule has 7 heteroatoms. The predicted molar refractivity (Wildman–Crippen MR) is 52.4 cm³/mol. The number of rotatable bonds is 5. The smallest absolute Gasteiger partial charge is 0.255 e. The van der Waals surface area contributed by atoms with E-state index in [2.05, 4.69) is 4.98 Å². The standard InChI is InChI=1S/C7H9ClF2N2OS/c8-5-4-14-7(11-5)12(1-2-13)3-6(9)10/h4,6,13H,1-3H2. The van der Waals surface area contributed by atoms with Crippen LogP contribution in [0, 0.1) is 0 Å². The molecule has 0 aromatic carbocycles. The van der Waals surface area contributed by atoms with Gasteiger partial charge in [0.25, 0.3) is 6.43 Å². The van der Waals surface area contributed by atoms with Crippen molar-refractivity contribution in [1.82, 2.24) is 4.98 Å². The van der Waals surface area contributed by atoms with E-state index in [-0.39, 0.29) is 18.3 Å². The molecule has 1 heterocycles. The van der Waals surface area contributed by atoms with Gasteiger partial charge in [0, 0.05) is 11.9 Å². The highest BCUT2D eigenvalue weighted by molar-refractivity contribution is 7.14. The van der Waals surface area contributed by atoms with Crippen LogP contribution in [0.5, 0.6) is 0 Å². The largest absolute Gasteiger partial charge is 0.395 e. The molecule has 1 aromatic heterocycles. The molecule has 1 aromatic rings. The fraction of sp³-hybridized carbons (Fsp3) is 0.571. The maximum atomic E-state index is 12.1. The van der Waals surface area contributed by atoms with E-state index in [9.17, 15) is 8.78 Å². The first-order valence-electron chi connectivity index (χ1n) is 3.88.